The second-order valence-electron chi connectivity index (χ2n) is 8.34. The predicted octanol–water partition coefficient (Wildman–Crippen LogP) is 0.777. The van der Waals surface area contributed by atoms with Crippen LogP contribution in [-0.4, -0.2) is 64.4 Å². The summed E-state index contributed by atoms with van der Waals surface area (Å²) in [6.07, 6.45) is 3.96. The van der Waals surface area contributed by atoms with Gasteiger partial charge in [0.1, 0.15) is 5.69 Å². The summed E-state index contributed by atoms with van der Waals surface area (Å²) >= 11 is 0. The molecular formula is C21H28N8O3. The lowest BCUT2D eigenvalue weighted by molar-refractivity contribution is -0.115. The molecule has 4 amide bonds. The molecule has 2 aromatic rings. The zero-order valence-electron chi connectivity index (χ0n) is 18.1. The van der Waals surface area contributed by atoms with Crippen LogP contribution in [0.15, 0.2) is 24.4 Å². The molecule has 0 atom stereocenters. The molecule has 3 heterocycles. The summed E-state index contributed by atoms with van der Waals surface area (Å²) in [6.45, 7) is 2.94. The summed E-state index contributed by atoms with van der Waals surface area (Å²) in [5, 5.41) is 13.5. The molecule has 1 fully saturated rings. The van der Waals surface area contributed by atoms with Crippen LogP contribution in [0.5, 0.6) is 0 Å². The minimum atomic E-state index is -0.597. The highest BCUT2D eigenvalue weighted by molar-refractivity contribution is 6.00. The number of fused-ring (bicyclic) bond motifs is 1. The van der Waals surface area contributed by atoms with Crippen LogP contribution in [0.2, 0.25) is 0 Å². The molecule has 0 spiro atoms. The summed E-state index contributed by atoms with van der Waals surface area (Å²) in [5.74, 6) is 0.327. The number of nitrogens with one attached hydrogen (secondary N) is 2. The Morgan fingerprint density at radius 1 is 1.25 bits per heavy atom. The Morgan fingerprint density at radius 3 is 2.78 bits per heavy atom. The van der Waals surface area contributed by atoms with Gasteiger partial charge in [0.25, 0.3) is 5.91 Å². The van der Waals surface area contributed by atoms with Crippen LogP contribution in [0.4, 0.5) is 16.2 Å². The van der Waals surface area contributed by atoms with Gasteiger partial charge in [0.2, 0.25) is 5.91 Å². The molecule has 1 saturated heterocycles. The number of likely N-dealkylation sites (tertiary alicyclic amines) is 1. The summed E-state index contributed by atoms with van der Waals surface area (Å²) in [6, 6.07) is 4.91. The summed E-state index contributed by atoms with van der Waals surface area (Å²) in [4.78, 5) is 39.7. The van der Waals surface area contributed by atoms with Crippen molar-refractivity contribution in [2.45, 2.75) is 32.4 Å². The third kappa shape index (κ3) is 4.98. The number of amides is 4. The molecule has 2 aliphatic rings. The van der Waals surface area contributed by atoms with E-state index in [-0.39, 0.29) is 18.4 Å². The number of urea groups is 1. The van der Waals surface area contributed by atoms with Crippen LogP contribution >= 0.6 is 0 Å². The fraction of sp³-hybridized carbons (Fsp3) is 0.476. The van der Waals surface area contributed by atoms with Crippen molar-refractivity contribution in [3.8, 4) is 0 Å². The van der Waals surface area contributed by atoms with E-state index in [0.29, 0.717) is 55.5 Å². The largest absolute Gasteiger partial charge is 0.372 e. The SMILES string of the molecule is CN1CCC(=O)Nc2cc(C(=O)N3CCC(Cn4cc(CNC(N)=O)nn4)CC3)ccc21. The van der Waals surface area contributed by atoms with Gasteiger partial charge in [-0.2, -0.15) is 0 Å². The van der Waals surface area contributed by atoms with E-state index in [1.165, 1.54) is 0 Å². The van der Waals surface area contributed by atoms with Crippen molar-refractivity contribution in [2.75, 3.05) is 36.9 Å². The Balaban J connectivity index is 1.33. The first-order chi connectivity index (χ1) is 15.4. The van der Waals surface area contributed by atoms with Crippen LogP contribution in [0.3, 0.4) is 0 Å². The Bertz CT molecular complexity index is 1010. The highest BCUT2D eigenvalue weighted by atomic mass is 16.2. The topological polar surface area (TPSA) is 138 Å². The van der Waals surface area contributed by atoms with Gasteiger partial charge in [-0.25, -0.2) is 4.79 Å². The zero-order valence-corrected chi connectivity index (χ0v) is 18.1. The maximum absolute atomic E-state index is 13.1. The highest BCUT2D eigenvalue weighted by Crippen LogP contribution is 2.30. The molecule has 1 aromatic heterocycles. The van der Waals surface area contributed by atoms with Crippen LogP contribution in [-0.2, 0) is 17.9 Å². The van der Waals surface area contributed by atoms with Crippen LogP contribution in [0.1, 0.15) is 35.3 Å². The average Bonchev–Trinajstić information content (AvgIpc) is 3.17. The van der Waals surface area contributed by atoms with E-state index >= 15 is 0 Å². The van der Waals surface area contributed by atoms with Gasteiger partial charge in [-0.05, 0) is 37.0 Å². The molecule has 11 nitrogen and oxygen atoms in total. The van der Waals surface area contributed by atoms with Gasteiger partial charge < -0.3 is 26.2 Å². The summed E-state index contributed by atoms with van der Waals surface area (Å²) in [5.41, 5.74) is 7.91. The molecule has 2 aliphatic heterocycles. The van der Waals surface area contributed by atoms with Gasteiger partial charge in [0, 0.05) is 45.2 Å². The van der Waals surface area contributed by atoms with Crippen LogP contribution < -0.4 is 21.3 Å². The quantitative estimate of drug-likeness (QED) is 0.628. The second kappa shape index (κ2) is 9.25. The Hall–Kier alpha value is -3.63. The second-order valence-corrected chi connectivity index (χ2v) is 8.34. The molecule has 1 aromatic carbocycles. The Labute approximate surface area is 185 Å². The molecule has 4 rings (SSSR count). The van der Waals surface area contributed by atoms with E-state index < -0.39 is 6.03 Å². The summed E-state index contributed by atoms with van der Waals surface area (Å²) in [7, 11) is 1.94. The molecule has 0 radical (unpaired) electrons. The first-order valence-electron chi connectivity index (χ1n) is 10.8. The maximum atomic E-state index is 13.1. The predicted molar refractivity (Wildman–Crippen MR) is 118 cm³/mol. The van der Waals surface area contributed by atoms with Gasteiger partial charge in [-0.3, -0.25) is 14.3 Å². The molecular weight excluding hydrogens is 412 g/mol. The van der Waals surface area contributed by atoms with E-state index in [2.05, 4.69) is 20.9 Å². The zero-order chi connectivity index (χ0) is 22.7. The minimum absolute atomic E-state index is 0.0204. The van der Waals surface area contributed by atoms with Crippen molar-refractivity contribution in [1.82, 2.24) is 25.2 Å². The Morgan fingerprint density at radius 2 is 2.03 bits per heavy atom. The maximum Gasteiger partial charge on any atom is 0.312 e. The number of benzene rings is 1. The van der Waals surface area contributed by atoms with E-state index in [1.54, 1.807) is 16.9 Å². The lowest BCUT2D eigenvalue weighted by Crippen LogP contribution is -2.39. The number of primary amides is 1. The molecule has 0 saturated carbocycles. The van der Waals surface area contributed by atoms with Gasteiger partial charge in [0.05, 0.1) is 24.1 Å². The lowest BCUT2D eigenvalue weighted by atomic mass is 9.96. The van der Waals surface area contributed by atoms with Gasteiger partial charge in [-0.15, -0.1) is 5.10 Å². The molecule has 0 aliphatic carbocycles. The fourth-order valence-electron chi connectivity index (χ4n) is 4.16. The molecule has 170 valence electrons. The standard InChI is InChI=1S/C21H28N8O3/c1-27-7-6-19(30)24-17-10-15(2-3-18(17)27)20(31)28-8-4-14(5-9-28)12-29-13-16(25-26-29)11-23-21(22)32/h2-3,10,13-14H,4-9,11-12H2,1H3,(H,24,30)(H3,22,23,32). The number of hydrogen-bond acceptors (Lipinski definition) is 6. The number of nitrogens with two attached hydrogens (primary N) is 1. The molecule has 11 heteroatoms. The fourth-order valence-corrected chi connectivity index (χ4v) is 4.16. The average molecular weight is 441 g/mol. The molecule has 0 unspecified atom stereocenters. The van der Waals surface area contributed by atoms with E-state index in [1.807, 2.05) is 29.0 Å². The molecule has 4 N–H and O–H groups in total. The Kier molecular flexibility index (Phi) is 6.24. The number of anilines is 2. The number of carbonyl (C=O) groups excluding carboxylic acids is 3. The first kappa shape index (κ1) is 21.6. The first-order valence-corrected chi connectivity index (χ1v) is 10.8. The van der Waals surface area contributed by atoms with Crippen molar-refractivity contribution in [2.24, 2.45) is 11.7 Å². The van der Waals surface area contributed by atoms with Crippen molar-refractivity contribution in [3.63, 3.8) is 0 Å². The van der Waals surface area contributed by atoms with Gasteiger partial charge in [0.15, 0.2) is 0 Å². The van der Waals surface area contributed by atoms with E-state index in [9.17, 15) is 14.4 Å². The molecule has 0 bridgehead atoms. The van der Waals surface area contributed by atoms with Crippen molar-refractivity contribution in [1.29, 1.82) is 0 Å². The number of rotatable bonds is 5. The molecule has 32 heavy (non-hydrogen) atoms. The van der Waals surface area contributed by atoms with Crippen LogP contribution in [0.25, 0.3) is 0 Å². The number of carbonyl (C=O) groups is 3. The van der Waals surface area contributed by atoms with Crippen molar-refractivity contribution in [3.05, 3.63) is 35.7 Å². The monoisotopic (exact) mass is 440 g/mol. The summed E-state index contributed by atoms with van der Waals surface area (Å²) < 4.78 is 1.77. The van der Waals surface area contributed by atoms with Crippen LogP contribution in [0, 0.1) is 5.92 Å². The number of hydrogen-bond donors (Lipinski definition) is 3. The highest BCUT2D eigenvalue weighted by Gasteiger charge is 2.25. The number of nitrogens with zero attached hydrogens (tertiary/aromatic N) is 5. The number of aromatic nitrogens is 3. The van der Waals surface area contributed by atoms with Crippen molar-refractivity contribution < 1.29 is 14.4 Å². The number of piperidine rings is 1. The van der Waals surface area contributed by atoms with Gasteiger partial charge in [-0.1, -0.05) is 5.21 Å². The third-order valence-corrected chi connectivity index (χ3v) is 5.98. The van der Waals surface area contributed by atoms with Crippen molar-refractivity contribution >= 4 is 29.2 Å². The third-order valence-electron chi connectivity index (χ3n) is 5.98. The van der Waals surface area contributed by atoms with E-state index in [4.69, 9.17) is 5.73 Å². The smallest absolute Gasteiger partial charge is 0.312 e. The normalized spacial score (nSPS) is 16.8. The van der Waals surface area contributed by atoms with Gasteiger partial charge >= 0.3 is 6.03 Å². The van der Waals surface area contributed by atoms with E-state index in [0.717, 1.165) is 18.5 Å². The minimum Gasteiger partial charge on any atom is -0.372 e. The lowest BCUT2D eigenvalue weighted by Gasteiger charge is -2.32.